The number of rotatable bonds is 11. The third-order valence-electron chi connectivity index (χ3n) is 4.30. The fraction of sp³-hybridized carbons (Fsp3) is 0.650. The Bertz CT molecular complexity index is 538. The molecule has 0 aliphatic heterocycles. The fourth-order valence-corrected chi connectivity index (χ4v) is 2.97. The summed E-state index contributed by atoms with van der Waals surface area (Å²) < 4.78 is 10.6. The van der Waals surface area contributed by atoms with Crippen molar-refractivity contribution in [3.63, 3.8) is 0 Å². The Hall–Kier alpha value is -1.06. The van der Waals surface area contributed by atoms with E-state index in [2.05, 4.69) is 55.4 Å². The number of methoxy groups -OCH3 is 2. The lowest BCUT2D eigenvalue weighted by atomic mass is 10.0. The van der Waals surface area contributed by atoms with E-state index in [0.29, 0.717) is 13.2 Å². The third kappa shape index (κ3) is 9.12. The second-order valence-corrected chi connectivity index (χ2v) is 6.23. The zero-order valence-electron chi connectivity index (χ0n) is 17.6. The molecule has 0 radical (unpaired) electrons. The van der Waals surface area contributed by atoms with Gasteiger partial charge in [-0.2, -0.15) is 0 Å². The van der Waals surface area contributed by atoms with E-state index >= 15 is 0 Å². The summed E-state index contributed by atoms with van der Waals surface area (Å²) in [5.74, 6) is 1.69. The largest absolute Gasteiger partial charge is 0.497 e. The standard InChI is InChI=1S/C20H36N4O2.HI/c1-7-21-20(23-16(4)15-25-5)22-14-19(24(8-2)9-3)17-11-10-12-18(13-17)26-6;/h10-13,16,19H,7-9,14-15H2,1-6H3,(H2,21,22,23);1H. The van der Waals surface area contributed by atoms with Crippen molar-refractivity contribution in [2.45, 2.75) is 39.8 Å². The van der Waals surface area contributed by atoms with Crippen molar-refractivity contribution in [2.75, 3.05) is 47.0 Å². The minimum absolute atomic E-state index is 0. The molecular formula is C20H37IN4O2. The number of hydrogen-bond acceptors (Lipinski definition) is 4. The van der Waals surface area contributed by atoms with Gasteiger partial charge >= 0.3 is 0 Å². The van der Waals surface area contributed by atoms with E-state index in [4.69, 9.17) is 14.5 Å². The average molecular weight is 492 g/mol. The molecule has 0 saturated heterocycles. The fourth-order valence-electron chi connectivity index (χ4n) is 2.97. The first-order valence-electron chi connectivity index (χ1n) is 9.51. The van der Waals surface area contributed by atoms with Crippen molar-refractivity contribution in [1.29, 1.82) is 0 Å². The lowest BCUT2D eigenvalue weighted by Crippen LogP contribution is -2.44. The maximum atomic E-state index is 5.40. The number of aliphatic imine (C=N–C) groups is 1. The van der Waals surface area contributed by atoms with E-state index < -0.39 is 0 Å². The van der Waals surface area contributed by atoms with Crippen molar-refractivity contribution >= 4 is 29.9 Å². The van der Waals surface area contributed by atoms with Gasteiger partial charge in [-0.1, -0.05) is 26.0 Å². The Morgan fingerprint density at radius 2 is 1.89 bits per heavy atom. The van der Waals surface area contributed by atoms with E-state index in [1.807, 2.05) is 12.1 Å². The Morgan fingerprint density at radius 1 is 1.19 bits per heavy atom. The first-order valence-corrected chi connectivity index (χ1v) is 9.51. The lowest BCUT2D eigenvalue weighted by molar-refractivity contribution is 0.179. The summed E-state index contributed by atoms with van der Waals surface area (Å²) in [4.78, 5) is 7.26. The molecule has 0 amide bonds. The van der Waals surface area contributed by atoms with Gasteiger partial charge in [0.25, 0.3) is 0 Å². The number of nitrogens with zero attached hydrogens (tertiary/aromatic N) is 2. The summed E-state index contributed by atoms with van der Waals surface area (Å²) in [6.07, 6.45) is 0. The van der Waals surface area contributed by atoms with Crippen LogP contribution in [0.25, 0.3) is 0 Å². The number of likely N-dealkylation sites (N-methyl/N-ethyl adjacent to an activating group) is 1. The second kappa shape index (κ2) is 14.9. The Kier molecular flexibility index (Phi) is 14.3. The minimum Gasteiger partial charge on any atom is -0.497 e. The first-order chi connectivity index (χ1) is 12.6. The highest BCUT2D eigenvalue weighted by molar-refractivity contribution is 14.0. The van der Waals surface area contributed by atoms with Crippen LogP contribution < -0.4 is 15.4 Å². The van der Waals surface area contributed by atoms with Crippen molar-refractivity contribution in [3.8, 4) is 5.75 Å². The zero-order chi connectivity index (χ0) is 19.4. The molecule has 0 aromatic heterocycles. The van der Waals surface area contributed by atoms with E-state index in [9.17, 15) is 0 Å². The average Bonchev–Trinajstić information content (AvgIpc) is 2.65. The SMILES string of the molecule is CCNC(=NCC(c1cccc(OC)c1)N(CC)CC)NC(C)COC.I. The predicted molar refractivity (Wildman–Crippen MR) is 125 cm³/mol. The summed E-state index contributed by atoms with van der Waals surface area (Å²) in [6, 6.07) is 8.67. The second-order valence-electron chi connectivity index (χ2n) is 6.23. The van der Waals surface area contributed by atoms with Gasteiger partial charge in [0.2, 0.25) is 0 Å². The summed E-state index contributed by atoms with van der Waals surface area (Å²) in [6.45, 7) is 12.6. The van der Waals surface area contributed by atoms with Gasteiger partial charge in [-0.3, -0.25) is 9.89 Å². The zero-order valence-corrected chi connectivity index (χ0v) is 19.9. The van der Waals surface area contributed by atoms with E-state index in [1.54, 1.807) is 14.2 Å². The number of nitrogens with one attached hydrogen (secondary N) is 2. The number of hydrogen-bond donors (Lipinski definition) is 2. The smallest absolute Gasteiger partial charge is 0.191 e. The molecule has 0 heterocycles. The van der Waals surface area contributed by atoms with Crippen LogP contribution in [-0.4, -0.2) is 63.9 Å². The highest BCUT2D eigenvalue weighted by Gasteiger charge is 2.18. The monoisotopic (exact) mass is 492 g/mol. The van der Waals surface area contributed by atoms with Crippen molar-refractivity contribution in [3.05, 3.63) is 29.8 Å². The molecular weight excluding hydrogens is 455 g/mol. The summed E-state index contributed by atoms with van der Waals surface area (Å²) in [7, 11) is 3.41. The predicted octanol–water partition coefficient (Wildman–Crippen LogP) is 3.29. The molecule has 0 saturated carbocycles. The van der Waals surface area contributed by atoms with Crippen LogP contribution in [-0.2, 0) is 4.74 Å². The topological polar surface area (TPSA) is 58.1 Å². The van der Waals surface area contributed by atoms with E-state index in [-0.39, 0.29) is 36.1 Å². The van der Waals surface area contributed by atoms with Crippen LogP contribution >= 0.6 is 24.0 Å². The van der Waals surface area contributed by atoms with Crippen LogP contribution in [0.1, 0.15) is 39.3 Å². The van der Waals surface area contributed by atoms with Crippen molar-refractivity contribution in [1.82, 2.24) is 15.5 Å². The molecule has 27 heavy (non-hydrogen) atoms. The van der Waals surface area contributed by atoms with Gasteiger partial charge in [-0.25, -0.2) is 0 Å². The van der Waals surface area contributed by atoms with Crippen molar-refractivity contribution < 1.29 is 9.47 Å². The highest BCUT2D eigenvalue weighted by Crippen LogP contribution is 2.24. The highest BCUT2D eigenvalue weighted by atomic mass is 127. The maximum Gasteiger partial charge on any atom is 0.191 e. The molecule has 2 N–H and O–H groups in total. The lowest BCUT2D eigenvalue weighted by Gasteiger charge is -2.29. The molecule has 2 unspecified atom stereocenters. The Balaban J connectivity index is 0.00000676. The molecule has 2 atom stereocenters. The Morgan fingerprint density at radius 3 is 2.44 bits per heavy atom. The third-order valence-corrected chi connectivity index (χ3v) is 4.30. The molecule has 1 rings (SSSR count). The van der Waals surface area contributed by atoms with Gasteiger partial charge in [0, 0.05) is 19.7 Å². The molecule has 1 aromatic rings. The molecule has 1 aromatic carbocycles. The van der Waals surface area contributed by atoms with Crippen LogP contribution in [0.2, 0.25) is 0 Å². The van der Waals surface area contributed by atoms with Crippen molar-refractivity contribution in [2.24, 2.45) is 4.99 Å². The van der Waals surface area contributed by atoms with Gasteiger partial charge in [0.05, 0.1) is 26.3 Å². The van der Waals surface area contributed by atoms with E-state index in [1.165, 1.54) is 5.56 Å². The number of benzene rings is 1. The number of ether oxygens (including phenoxy) is 2. The maximum absolute atomic E-state index is 5.40. The van der Waals surface area contributed by atoms with E-state index in [0.717, 1.165) is 31.3 Å². The summed E-state index contributed by atoms with van der Waals surface area (Å²) in [5, 5.41) is 6.71. The summed E-state index contributed by atoms with van der Waals surface area (Å²) in [5.41, 5.74) is 1.22. The minimum atomic E-state index is 0. The van der Waals surface area contributed by atoms with Gasteiger partial charge < -0.3 is 20.1 Å². The van der Waals surface area contributed by atoms with Crippen LogP contribution in [0.3, 0.4) is 0 Å². The molecule has 156 valence electrons. The van der Waals surface area contributed by atoms with Gasteiger partial charge in [0.1, 0.15) is 5.75 Å². The Labute approximate surface area is 182 Å². The number of halogens is 1. The van der Waals surface area contributed by atoms with Crippen LogP contribution in [0.4, 0.5) is 0 Å². The molecule has 7 heteroatoms. The molecule has 0 aliphatic carbocycles. The van der Waals surface area contributed by atoms with Crippen LogP contribution in [0.5, 0.6) is 5.75 Å². The molecule has 0 spiro atoms. The van der Waals surface area contributed by atoms with Crippen LogP contribution in [0, 0.1) is 0 Å². The normalized spacial score (nSPS) is 13.7. The molecule has 6 nitrogen and oxygen atoms in total. The quantitative estimate of drug-likeness (QED) is 0.282. The first kappa shape index (κ1) is 25.9. The number of guanidine groups is 1. The van der Waals surface area contributed by atoms with Gasteiger partial charge in [-0.05, 0) is 44.6 Å². The molecule has 0 aliphatic rings. The van der Waals surface area contributed by atoms with Crippen LogP contribution in [0.15, 0.2) is 29.3 Å². The van der Waals surface area contributed by atoms with Gasteiger partial charge in [0.15, 0.2) is 5.96 Å². The summed E-state index contributed by atoms with van der Waals surface area (Å²) >= 11 is 0. The van der Waals surface area contributed by atoms with Gasteiger partial charge in [-0.15, -0.1) is 24.0 Å². The molecule has 0 fully saturated rings. The molecule has 0 bridgehead atoms.